The molecule has 7 heteroatoms. The number of nitrogens with zero attached hydrogens (tertiary/aromatic N) is 3. The predicted molar refractivity (Wildman–Crippen MR) is 174 cm³/mol. The third-order valence-corrected chi connectivity index (χ3v) is 7.77. The summed E-state index contributed by atoms with van der Waals surface area (Å²) in [6.45, 7) is 0. The standard InChI is InChI=1S/C38H25N4O.2Li/c43-29-15-11-26(12-16-29)38-34-21-19-32(41-34)36(24-7-3-1-4-8-24)30-17-13-27(39-30)23-28-14-18-31(40-28)37(25-9-5-2-6-10-25)33-20-22-35(38)42-33;;/h1-23H,(H2-,39,40,41,42,43);;/q-1;2*+1/p-1. The molecule has 0 unspecified atom stereocenters. The van der Waals surface area contributed by atoms with Gasteiger partial charge in [-0.3, -0.25) is 0 Å². The van der Waals surface area contributed by atoms with Gasteiger partial charge in [0.25, 0.3) is 0 Å². The van der Waals surface area contributed by atoms with E-state index in [1.165, 1.54) is 0 Å². The summed E-state index contributed by atoms with van der Waals surface area (Å²) >= 11 is 0. The second-order valence-corrected chi connectivity index (χ2v) is 10.5. The van der Waals surface area contributed by atoms with E-state index in [1.807, 2.05) is 78.9 Å². The molecular formula is C38H24Li2N4O. The molecule has 0 spiro atoms. The first-order valence-electron chi connectivity index (χ1n) is 14.2. The van der Waals surface area contributed by atoms with Gasteiger partial charge in [0.2, 0.25) is 0 Å². The Labute approximate surface area is 284 Å². The SMILES string of the molecule is [Li+].[Li+].[O-]c1ccc(-c2c3nc(c(-c4ccccc4)c4ccc(cc5nc(c(-c6ccccc6)c6ccc2[n-]6)C=C5)[nH]4)C=C3)cc1. The van der Waals surface area contributed by atoms with Gasteiger partial charge in [-0.05, 0) is 70.3 Å². The van der Waals surface area contributed by atoms with Gasteiger partial charge in [0.1, 0.15) is 0 Å². The van der Waals surface area contributed by atoms with Crippen LogP contribution in [0.2, 0.25) is 0 Å². The summed E-state index contributed by atoms with van der Waals surface area (Å²) in [5, 5.41) is 12.1. The summed E-state index contributed by atoms with van der Waals surface area (Å²) in [6.07, 6.45) is 8.18. The zero-order valence-electron chi connectivity index (χ0n) is 25.0. The normalized spacial score (nSPS) is 11.6. The van der Waals surface area contributed by atoms with E-state index in [4.69, 9.17) is 15.0 Å². The molecule has 0 amide bonds. The van der Waals surface area contributed by atoms with E-state index in [0.717, 1.165) is 78.2 Å². The zero-order valence-corrected chi connectivity index (χ0v) is 25.0. The van der Waals surface area contributed by atoms with Crippen LogP contribution in [0.15, 0.2) is 115 Å². The molecule has 2 aliphatic rings. The minimum absolute atomic E-state index is 0. The Morgan fingerprint density at radius 3 is 1.69 bits per heavy atom. The maximum Gasteiger partial charge on any atom is 1.00 e. The predicted octanol–water partition coefficient (Wildman–Crippen LogP) is 2.37. The number of hydrogen-bond donors (Lipinski definition) is 1. The van der Waals surface area contributed by atoms with Crippen molar-refractivity contribution in [3.05, 3.63) is 138 Å². The summed E-state index contributed by atoms with van der Waals surface area (Å²) in [5.41, 5.74) is 12.6. The van der Waals surface area contributed by atoms with Crippen LogP contribution in [-0.2, 0) is 0 Å². The molecule has 204 valence electrons. The first-order chi connectivity index (χ1) is 21.2. The Morgan fingerprint density at radius 1 is 0.511 bits per heavy atom. The van der Waals surface area contributed by atoms with Crippen molar-refractivity contribution in [2.24, 2.45) is 0 Å². The van der Waals surface area contributed by atoms with Gasteiger partial charge in [-0.25, -0.2) is 9.97 Å². The first kappa shape index (κ1) is 30.3. The van der Waals surface area contributed by atoms with Crippen molar-refractivity contribution in [2.75, 3.05) is 0 Å². The number of hydrogen-bond acceptors (Lipinski definition) is 3. The minimum Gasteiger partial charge on any atom is -0.872 e. The maximum atomic E-state index is 12.1. The number of benzene rings is 3. The van der Waals surface area contributed by atoms with Crippen LogP contribution in [0.25, 0.3) is 79.8 Å². The first-order valence-corrected chi connectivity index (χ1v) is 14.2. The van der Waals surface area contributed by atoms with Crippen molar-refractivity contribution < 1.29 is 42.8 Å². The second kappa shape index (κ2) is 12.7. The molecule has 45 heavy (non-hydrogen) atoms. The van der Waals surface area contributed by atoms with Crippen molar-refractivity contribution in [3.63, 3.8) is 0 Å². The summed E-state index contributed by atoms with van der Waals surface area (Å²) in [7, 11) is 0. The van der Waals surface area contributed by atoms with E-state index in [1.54, 1.807) is 12.1 Å². The van der Waals surface area contributed by atoms with Crippen LogP contribution in [0.4, 0.5) is 0 Å². The fourth-order valence-electron chi connectivity index (χ4n) is 5.81. The van der Waals surface area contributed by atoms with Crippen LogP contribution in [-0.4, -0.2) is 15.0 Å². The molecule has 0 atom stereocenters. The second-order valence-electron chi connectivity index (χ2n) is 10.5. The molecule has 5 heterocycles. The molecule has 3 aromatic heterocycles. The smallest absolute Gasteiger partial charge is 0.872 e. The van der Waals surface area contributed by atoms with Gasteiger partial charge >= 0.3 is 37.7 Å². The van der Waals surface area contributed by atoms with E-state index < -0.39 is 0 Å². The Hall–Kier alpha value is -4.75. The van der Waals surface area contributed by atoms with Gasteiger partial charge in [-0.2, -0.15) is 0 Å². The van der Waals surface area contributed by atoms with Crippen molar-refractivity contribution in [3.8, 4) is 39.1 Å². The summed E-state index contributed by atoms with van der Waals surface area (Å²) in [4.78, 5) is 19.0. The van der Waals surface area contributed by atoms with Gasteiger partial charge in [-0.1, -0.05) is 97.1 Å². The van der Waals surface area contributed by atoms with Gasteiger partial charge < -0.3 is 15.1 Å². The van der Waals surface area contributed by atoms with E-state index in [9.17, 15) is 5.11 Å². The molecule has 0 aliphatic carbocycles. The molecule has 1 N–H and O–H groups in total. The average molecular weight is 567 g/mol. The topological polar surface area (TPSA) is 78.7 Å². The Balaban J connectivity index is 0.00000179. The molecule has 2 aliphatic heterocycles. The van der Waals surface area contributed by atoms with Crippen LogP contribution >= 0.6 is 0 Å². The maximum absolute atomic E-state index is 12.1. The Bertz CT molecular complexity index is 2200. The Kier molecular flexibility index (Phi) is 8.55. The summed E-state index contributed by atoms with van der Waals surface area (Å²) in [5.74, 6) is -0.0401. The average Bonchev–Trinajstić information content (AvgIpc) is 3.86. The minimum atomic E-state index is -0.0401. The van der Waals surface area contributed by atoms with Crippen LogP contribution < -0.4 is 47.8 Å². The Morgan fingerprint density at radius 2 is 1.04 bits per heavy atom. The third kappa shape index (κ3) is 5.76. The molecular weight excluding hydrogens is 542 g/mol. The van der Waals surface area contributed by atoms with Gasteiger partial charge in [0.15, 0.2) is 0 Å². The monoisotopic (exact) mass is 566 g/mol. The molecule has 0 saturated heterocycles. The molecule has 0 radical (unpaired) electrons. The fourth-order valence-corrected chi connectivity index (χ4v) is 5.81. The summed E-state index contributed by atoms with van der Waals surface area (Å²) in [6, 6.07) is 37.7. The van der Waals surface area contributed by atoms with Crippen molar-refractivity contribution in [1.29, 1.82) is 0 Å². The molecule has 0 saturated carbocycles. The van der Waals surface area contributed by atoms with E-state index in [0.29, 0.717) is 0 Å². The zero-order chi connectivity index (χ0) is 28.8. The number of aromatic amines is 1. The van der Waals surface area contributed by atoms with Crippen LogP contribution in [0.1, 0.15) is 22.8 Å². The van der Waals surface area contributed by atoms with Crippen molar-refractivity contribution in [1.82, 2.24) is 19.9 Å². The summed E-state index contributed by atoms with van der Waals surface area (Å²) < 4.78 is 0. The van der Waals surface area contributed by atoms with E-state index in [-0.39, 0.29) is 43.5 Å². The largest absolute Gasteiger partial charge is 1.00 e. The quantitative estimate of drug-likeness (QED) is 0.333. The van der Waals surface area contributed by atoms with Crippen molar-refractivity contribution in [2.45, 2.75) is 0 Å². The van der Waals surface area contributed by atoms with Crippen molar-refractivity contribution >= 4 is 46.4 Å². The van der Waals surface area contributed by atoms with Gasteiger partial charge in [0.05, 0.1) is 22.8 Å². The number of rotatable bonds is 3. The molecule has 8 rings (SSSR count). The third-order valence-electron chi connectivity index (χ3n) is 7.77. The van der Waals surface area contributed by atoms with E-state index >= 15 is 0 Å². The number of aromatic nitrogens is 4. The van der Waals surface area contributed by atoms with E-state index in [2.05, 4.69) is 53.5 Å². The number of H-pyrrole nitrogens is 1. The number of fused-ring (bicyclic) bond motifs is 8. The molecule has 3 aromatic carbocycles. The molecule has 5 nitrogen and oxygen atoms in total. The van der Waals surface area contributed by atoms with Gasteiger partial charge in [-0.15, -0.1) is 16.8 Å². The van der Waals surface area contributed by atoms with Crippen LogP contribution in [0.3, 0.4) is 0 Å². The number of nitrogens with one attached hydrogen (secondary N) is 1. The molecule has 8 bridgehead atoms. The van der Waals surface area contributed by atoms with Crippen LogP contribution in [0, 0.1) is 0 Å². The fraction of sp³-hybridized carbons (Fsp3) is 0. The molecule has 6 aromatic rings. The molecule has 0 fully saturated rings. The van der Waals surface area contributed by atoms with Crippen LogP contribution in [0.5, 0.6) is 5.75 Å². The van der Waals surface area contributed by atoms with Gasteiger partial charge in [0, 0.05) is 16.6 Å².